The molecule has 0 atom stereocenters. The topological polar surface area (TPSA) is 101 Å². The van der Waals surface area contributed by atoms with Crippen molar-refractivity contribution in [3.8, 4) is 18.2 Å². The van der Waals surface area contributed by atoms with Gasteiger partial charge in [-0.2, -0.15) is 20.9 Å². The predicted octanol–water partition coefficient (Wildman–Crippen LogP) is 1.81. The molecular weight excluding hydrogens is 240 g/mol. The van der Waals surface area contributed by atoms with Crippen molar-refractivity contribution >= 4 is 16.6 Å². The molecule has 0 aliphatic heterocycles. The van der Waals surface area contributed by atoms with E-state index in [0.717, 1.165) is 5.39 Å². The monoisotopic (exact) mass is 248 g/mol. The largest absolute Gasteiger partial charge is 0.343 e. The molecule has 2 aromatic rings. The number of benzene rings is 1. The number of aromatic nitrogens is 2. The number of hydrogen-bond acceptors (Lipinski definition) is 5. The lowest BCUT2D eigenvalue weighted by Crippen LogP contribution is -2.01. The highest BCUT2D eigenvalue weighted by molar-refractivity contribution is 5.91. The standard InChI is InChI=1S/C13H8N6/c1-19-8-9-3-2-4-11(13(9)18-19)17-12(7-16)10(5-14)6-15/h2-4,8,17H,1H3. The van der Waals surface area contributed by atoms with Crippen LogP contribution in [0.4, 0.5) is 5.69 Å². The molecule has 0 aliphatic rings. The van der Waals surface area contributed by atoms with Gasteiger partial charge < -0.3 is 5.32 Å². The lowest BCUT2D eigenvalue weighted by Gasteiger charge is -2.04. The molecule has 0 aliphatic carbocycles. The third-order valence-electron chi connectivity index (χ3n) is 2.50. The predicted molar refractivity (Wildman–Crippen MR) is 68.2 cm³/mol. The number of nitriles is 3. The van der Waals surface area contributed by atoms with E-state index >= 15 is 0 Å². The fourth-order valence-corrected chi connectivity index (χ4v) is 1.68. The summed E-state index contributed by atoms with van der Waals surface area (Å²) in [5.74, 6) is 0. The van der Waals surface area contributed by atoms with Crippen LogP contribution in [0.25, 0.3) is 10.9 Å². The van der Waals surface area contributed by atoms with Gasteiger partial charge in [0.15, 0.2) is 5.57 Å². The molecule has 6 nitrogen and oxygen atoms in total. The van der Waals surface area contributed by atoms with Crippen LogP contribution >= 0.6 is 0 Å². The summed E-state index contributed by atoms with van der Waals surface area (Å²) in [7, 11) is 1.79. The van der Waals surface area contributed by atoms with Crippen LogP contribution in [0.3, 0.4) is 0 Å². The summed E-state index contributed by atoms with van der Waals surface area (Å²) in [6.45, 7) is 0. The zero-order chi connectivity index (χ0) is 13.8. The van der Waals surface area contributed by atoms with Crippen molar-refractivity contribution in [2.24, 2.45) is 7.05 Å². The molecule has 90 valence electrons. The lowest BCUT2D eigenvalue weighted by molar-refractivity contribution is 0.780. The average Bonchev–Trinajstić information content (AvgIpc) is 2.80. The highest BCUT2D eigenvalue weighted by Gasteiger charge is 2.10. The van der Waals surface area contributed by atoms with Crippen LogP contribution in [0.5, 0.6) is 0 Å². The van der Waals surface area contributed by atoms with E-state index in [4.69, 9.17) is 15.8 Å². The zero-order valence-corrected chi connectivity index (χ0v) is 10.0. The first kappa shape index (κ1) is 12.2. The van der Waals surface area contributed by atoms with Crippen molar-refractivity contribution in [3.63, 3.8) is 0 Å². The molecule has 0 spiro atoms. The minimum Gasteiger partial charge on any atom is -0.343 e. The van der Waals surface area contributed by atoms with Crippen molar-refractivity contribution in [2.75, 3.05) is 5.32 Å². The van der Waals surface area contributed by atoms with Gasteiger partial charge in [-0.3, -0.25) is 4.68 Å². The summed E-state index contributed by atoms with van der Waals surface area (Å²) in [6.07, 6.45) is 1.84. The van der Waals surface area contributed by atoms with E-state index in [2.05, 4.69) is 10.4 Å². The second-order valence-corrected chi connectivity index (χ2v) is 3.76. The number of nitrogens with zero attached hydrogens (tertiary/aromatic N) is 5. The fraction of sp³-hybridized carbons (Fsp3) is 0.0769. The smallest absolute Gasteiger partial charge is 0.163 e. The van der Waals surface area contributed by atoms with Crippen molar-refractivity contribution in [2.45, 2.75) is 0 Å². The first-order valence-electron chi connectivity index (χ1n) is 5.33. The van der Waals surface area contributed by atoms with Gasteiger partial charge in [-0.25, -0.2) is 0 Å². The third-order valence-corrected chi connectivity index (χ3v) is 2.50. The average molecular weight is 248 g/mol. The molecule has 0 amide bonds. The molecule has 19 heavy (non-hydrogen) atoms. The van der Waals surface area contributed by atoms with Gasteiger partial charge in [0.1, 0.15) is 29.4 Å². The molecular formula is C13H8N6. The fourth-order valence-electron chi connectivity index (χ4n) is 1.68. The van der Waals surface area contributed by atoms with Crippen LogP contribution in [0.1, 0.15) is 0 Å². The highest BCUT2D eigenvalue weighted by atomic mass is 15.2. The Morgan fingerprint density at radius 3 is 2.58 bits per heavy atom. The van der Waals surface area contributed by atoms with E-state index in [9.17, 15) is 0 Å². The molecule has 0 saturated carbocycles. The maximum atomic E-state index is 9.00. The first-order valence-corrected chi connectivity index (χ1v) is 5.33. The lowest BCUT2D eigenvalue weighted by atomic mass is 10.2. The van der Waals surface area contributed by atoms with Crippen LogP contribution in [0, 0.1) is 34.0 Å². The first-order chi connectivity index (χ1) is 9.19. The van der Waals surface area contributed by atoms with E-state index in [1.165, 1.54) is 0 Å². The summed E-state index contributed by atoms with van der Waals surface area (Å²) in [6, 6.07) is 10.6. The molecule has 6 heteroatoms. The van der Waals surface area contributed by atoms with Crippen molar-refractivity contribution in [3.05, 3.63) is 35.7 Å². The molecule has 1 aromatic carbocycles. The van der Waals surface area contributed by atoms with Gasteiger partial charge in [0, 0.05) is 18.6 Å². The van der Waals surface area contributed by atoms with Gasteiger partial charge in [0.25, 0.3) is 0 Å². The minimum atomic E-state index is -0.254. The molecule has 0 fully saturated rings. The van der Waals surface area contributed by atoms with Crippen LogP contribution in [-0.4, -0.2) is 9.78 Å². The van der Waals surface area contributed by atoms with Gasteiger partial charge in [0.2, 0.25) is 0 Å². The van der Waals surface area contributed by atoms with Crippen LogP contribution < -0.4 is 5.32 Å². The highest BCUT2D eigenvalue weighted by Crippen LogP contribution is 2.23. The van der Waals surface area contributed by atoms with Gasteiger partial charge in [-0.05, 0) is 6.07 Å². The molecule has 1 aromatic heterocycles. The van der Waals surface area contributed by atoms with Crippen LogP contribution in [-0.2, 0) is 7.05 Å². The summed E-state index contributed by atoms with van der Waals surface area (Å²) in [5.41, 5.74) is 0.921. The minimum absolute atomic E-state index is 0.0804. The SMILES string of the molecule is Cn1cc2cccc(NC(C#N)=C(C#N)C#N)c2n1. The molecule has 0 radical (unpaired) electrons. The Morgan fingerprint density at radius 2 is 1.95 bits per heavy atom. The summed E-state index contributed by atoms with van der Waals surface area (Å²) >= 11 is 0. The Bertz CT molecular complexity index is 775. The normalized spacial score (nSPS) is 9.16. The van der Waals surface area contributed by atoms with Gasteiger partial charge in [-0.15, -0.1) is 0 Å². The van der Waals surface area contributed by atoms with Crippen molar-refractivity contribution in [1.82, 2.24) is 9.78 Å². The second kappa shape index (κ2) is 4.91. The summed E-state index contributed by atoms with van der Waals surface area (Å²) < 4.78 is 1.65. The number of fused-ring (bicyclic) bond motifs is 1. The quantitative estimate of drug-likeness (QED) is 0.816. The van der Waals surface area contributed by atoms with E-state index in [1.54, 1.807) is 36.0 Å². The molecule has 2 rings (SSSR count). The Labute approximate surface area is 109 Å². The van der Waals surface area contributed by atoms with Crippen LogP contribution in [0.2, 0.25) is 0 Å². The Morgan fingerprint density at radius 1 is 1.21 bits per heavy atom. The number of allylic oxidation sites excluding steroid dienone is 2. The molecule has 1 N–H and O–H groups in total. The van der Waals surface area contributed by atoms with Gasteiger partial charge in [-0.1, -0.05) is 12.1 Å². The number of hydrogen-bond donors (Lipinski definition) is 1. The Hall–Kier alpha value is -3.30. The van der Waals surface area contributed by atoms with Crippen LogP contribution in [0.15, 0.2) is 35.7 Å². The van der Waals surface area contributed by atoms with Crippen molar-refractivity contribution in [1.29, 1.82) is 15.8 Å². The molecule has 1 heterocycles. The third kappa shape index (κ3) is 2.22. The maximum absolute atomic E-state index is 9.00. The van der Waals surface area contributed by atoms with Crippen molar-refractivity contribution < 1.29 is 0 Å². The van der Waals surface area contributed by atoms with Gasteiger partial charge in [0.05, 0.1) is 5.69 Å². The maximum Gasteiger partial charge on any atom is 0.163 e. The number of aryl methyl sites for hydroxylation is 1. The van der Waals surface area contributed by atoms with E-state index in [0.29, 0.717) is 11.2 Å². The summed E-state index contributed by atoms with van der Waals surface area (Å²) in [5, 5.41) is 34.5. The van der Waals surface area contributed by atoms with E-state index in [1.807, 2.05) is 18.3 Å². The zero-order valence-electron chi connectivity index (χ0n) is 10.0. The van der Waals surface area contributed by atoms with Gasteiger partial charge >= 0.3 is 0 Å². The number of rotatable bonds is 2. The number of nitrogens with one attached hydrogen (secondary N) is 1. The van der Waals surface area contributed by atoms with E-state index < -0.39 is 0 Å². The summed E-state index contributed by atoms with van der Waals surface area (Å²) in [4.78, 5) is 0. The number of anilines is 1. The van der Waals surface area contributed by atoms with E-state index in [-0.39, 0.29) is 11.3 Å². The molecule has 0 bridgehead atoms. The molecule has 0 unspecified atom stereocenters. The Kier molecular flexibility index (Phi) is 3.14. The second-order valence-electron chi connectivity index (χ2n) is 3.76. The molecule has 0 saturated heterocycles. The Balaban J connectivity index is 2.54.